The van der Waals surface area contributed by atoms with Crippen molar-refractivity contribution in [2.45, 2.75) is 45.3 Å². The van der Waals surface area contributed by atoms with Gasteiger partial charge < -0.3 is 19.7 Å². The van der Waals surface area contributed by atoms with Crippen LogP contribution in [0.5, 0.6) is 5.75 Å². The van der Waals surface area contributed by atoms with Gasteiger partial charge in [0.05, 0.1) is 11.7 Å². The average molecular weight is 494 g/mol. The highest BCUT2D eigenvalue weighted by molar-refractivity contribution is 6.00. The number of anilines is 1. The van der Waals surface area contributed by atoms with Gasteiger partial charge in [0.2, 0.25) is 5.91 Å². The number of carbonyl (C=O) groups is 2. The molecule has 0 radical (unpaired) electrons. The first-order chi connectivity index (χ1) is 17.4. The van der Waals surface area contributed by atoms with E-state index in [2.05, 4.69) is 48.3 Å². The molecular formula is C29H39N3O4. The number of methoxy groups -OCH3 is 1. The summed E-state index contributed by atoms with van der Waals surface area (Å²) in [6.07, 6.45) is 2.70. The van der Waals surface area contributed by atoms with Gasteiger partial charge in [0.25, 0.3) is 5.91 Å². The number of benzene rings is 2. The van der Waals surface area contributed by atoms with Crippen LogP contribution in [0, 0.1) is 11.8 Å². The molecule has 1 aliphatic carbocycles. The number of amides is 2. The van der Waals surface area contributed by atoms with E-state index in [1.165, 1.54) is 5.56 Å². The van der Waals surface area contributed by atoms with Crippen LogP contribution >= 0.6 is 0 Å². The molecule has 0 saturated heterocycles. The first-order valence-corrected chi connectivity index (χ1v) is 13.0. The Kier molecular flexibility index (Phi) is 8.64. The van der Waals surface area contributed by atoms with Crippen molar-refractivity contribution in [1.29, 1.82) is 0 Å². The molecule has 0 aromatic heterocycles. The molecule has 2 aliphatic rings. The second kappa shape index (κ2) is 11.9. The predicted molar refractivity (Wildman–Crippen MR) is 141 cm³/mol. The van der Waals surface area contributed by atoms with Gasteiger partial charge in [-0.1, -0.05) is 37.3 Å². The third-order valence-electron chi connectivity index (χ3n) is 7.32. The fourth-order valence-electron chi connectivity index (χ4n) is 4.75. The van der Waals surface area contributed by atoms with Crippen LogP contribution in [0.2, 0.25) is 0 Å². The SMILES string of the molecule is CO[C@H]1CN(C)C(=O)c2cc(NC(=O)C3CC3)ccc2OC[C@@H](C)N(CCc2ccccc2)C[C@@H]1C. The van der Waals surface area contributed by atoms with Crippen LogP contribution in [0.4, 0.5) is 5.69 Å². The van der Waals surface area contributed by atoms with Crippen LogP contribution < -0.4 is 10.1 Å². The normalized spacial score (nSPS) is 23.7. The molecule has 0 bridgehead atoms. The highest BCUT2D eigenvalue weighted by Crippen LogP contribution is 2.31. The molecule has 0 unspecified atom stereocenters. The van der Waals surface area contributed by atoms with Crippen LogP contribution in [0.1, 0.15) is 42.6 Å². The smallest absolute Gasteiger partial charge is 0.257 e. The molecule has 4 rings (SSSR count). The minimum Gasteiger partial charge on any atom is -0.491 e. The average Bonchev–Trinajstić information content (AvgIpc) is 3.74. The second-order valence-corrected chi connectivity index (χ2v) is 10.3. The van der Waals surface area contributed by atoms with Crippen molar-refractivity contribution in [1.82, 2.24) is 9.80 Å². The van der Waals surface area contributed by atoms with E-state index >= 15 is 0 Å². The summed E-state index contributed by atoms with van der Waals surface area (Å²) in [5, 5.41) is 2.95. The van der Waals surface area contributed by atoms with Crippen molar-refractivity contribution < 1.29 is 19.1 Å². The molecule has 194 valence electrons. The van der Waals surface area contributed by atoms with Gasteiger partial charge in [-0.3, -0.25) is 14.5 Å². The Labute approximate surface area is 214 Å². The molecule has 1 fully saturated rings. The van der Waals surface area contributed by atoms with Crippen LogP contribution in [-0.2, 0) is 16.0 Å². The minimum absolute atomic E-state index is 0.0146. The number of hydrogen-bond donors (Lipinski definition) is 1. The molecule has 2 aromatic rings. The molecule has 7 nitrogen and oxygen atoms in total. The van der Waals surface area contributed by atoms with Crippen molar-refractivity contribution in [3.8, 4) is 5.75 Å². The van der Waals surface area contributed by atoms with Crippen LogP contribution in [0.25, 0.3) is 0 Å². The topological polar surface area (TPSA) is 71.1 Å². The van der Waals surface area contributed by atoms with Gasteiger partial charge in [-0.15, -0.1) is 0 Å². The zero-order valence-electron chi connectivity index (χ0n) is 21.9. The zero-order valence-corrected chi connectivity index (χ0v) is 21.9. The molecule has 1 aliphatic heterocycles. The van der Waals surface area contributed by atoms with Crippen molar-refractivity contribution in [2.75, 3.05) is 45.7 Å². The third kappa shape index (κ3) is 6.65. The standard InChI is InChI=1S/C29H39N3O4/c1-20-17-32(15-14-22-8-6-5-7-9-22)21(2)19-36-26-13-12-24(30-28(33)23-10-11-23)16-25(26)29(34)31(3)18-27(20)35-4/h5-9,12-13,16,20-21,23,27H,10-11,14-15,17-19H2,1-4H3,(H,30,33)/t20-,21+,27-/m0/s1. The van der Waals surface area contributed by atoms with Crippen LogP contribution in [0.3, 0.4) is 0 Å². The number of rotatable bonds is 6. The summed E-state index contributed by atoms with van der Waals surface area (Å²) in [5.41, 5.74) is 2.39. The summed E-state index contributed by atoms with van der Waals surface area (Å²) < 4.78 is 12.1. The zero-order chi connectivity index (χ0) is 25.7. The van der Waals surface area contributed by atoms with Gasteiger partial charge in [-0.2, -0.15) is 0 Å². The van der Waals surface area contributed by atoms with E-state index in [0.29, 0.717) is 30.2 Å². The van der Waals surface area contributed by atoms with Gasteiger partial charge in [-0.05, 0) is 55.9 Å². The molecular weight excluding hydrogens is 454 g/mol. The van der Waals surface area contributed by atoms with E-state index in [9.17, 15) is 9.59 Å². The molecule has 2 amide bonds. The largest absolute Gasteiger partial charge is 0.491 e. The van der Waals surface area contributed by atoms with E-state index in [1.807, 2.05) is 12.1 Å². The molecule has 0 spiro atoms. The molecule has 1 heterocycles. The molecule has 3 atom stereocenters. The number of hydrogen-bond acceptors (Lipinski definition) is 5. The van der Waals surface area contributed by atoms with E-state index in [4.69, 9.17) is 9.47 Å². The van der Waals surface area contributed by atoms with Gasteiger partial charge in [0.1, 0.15) is 12.4 Å². The summed E-state index contributed by atoms with van der Waals surface area (Å²) in [4.78, 5) is 29.9. The number of ether oxygens (including phenoxy) is 2. The fourth-order valence-corrected chi connectivity index (χ4v) is 4.75. The van der Waals surface area contributed by atoms with Crippen molar-refractivity contribution in [2.24, 2.45) is 11.8 Å². The Hall–Kier alpha value is -2.90. The maximum atomic E-state index is 13.5. The van der Waals surface area contributed by atoms with Crippen LogP contribution in [0.15, 0.2) is 48.5 Å². The number of likely N-dealkylation sites (N-methyl/N-ethyl adjacent to an activating group) is 1. The quantitative estimate of drug-likeness (QED) is 0.657. The summed E-state index contributed by atoms with van der Waals surface area (Å²) in [6, 6.07) is 16.0. The van der Waals surface area contributed by atoms with E-state index < -0.39 is 0 Å². The van der Waals surface area contributed by atoms with E-state index in [-0.39, 0.29) is 35.8 Å². The molecule has 1 saturated carbocycles. The lowest BCUT2D eigenvalue weighted by molar-refractivity contribution is -0.117. The maximum absolute atomic E-state index is 13.5. The van der Waals surface area contributed by atoms with Gasteiger partial charge in [0.15, 0.2) is 0 Å². The monoisotopic (exact) mass is 493 g/mol. The Morgan fingerprint density at radius 1 is 1.11 bits per heavy atom. The van der Waals surface area contributed by atoms with Gasteiger partial charge in [-0.25, -0.2) is 0 Å². The van der Waals surface area contributed by atoms with Crippen LogP contribution in [-0.4, -0.2) is 74.2 Å². The third-order valence-corrected chi connectivity index (χ3v) is 7.32. The molecule has 7 heteroatoms. The summed E-state index contributed by atoms with van der Waals surface area (Å²) in [5.74, 6) is 0.712. The van der Waals surface area contributed by atoms with Gasteiger partial charge >= 0.3 is 0 Å². The number of fused-ring (bicyclic) bond motifs is 1. The highest BCUT2D eigenvalue weighted by atomic mass is 16.5. The van der Waals surface area contributed by atoms with E-state index in [0.717, 1.165) is 32.4 Å². The first-order valence-electron chi connectivity index (χ1n) is 13.0. The molecule has 1 N–H and O–H groups in total. The number of nitrogens with one attached hydrogen (secondary N) is 1. The summed E-state index contributed by atoms with van der Waals surface area (Å²) in [6.45, 7) is 7.02. The number of carbonyl (C=O) groups excluding carboxylic acids is 2. The Morgan fingerprint density at radius 2 is 1.86 bits per heavy atom. The second-order valence-electron chi connectivity index (χ2n) is 10.3. The lowest BCUT2D eigenvalue weighted by atomic mass is 10.0. The summed E-state index contributed by atoms with van der Waals surface area (Å²) >= 11 is 0. The Bertz CT molecular complexity index is 1040. The Balaban J connectivity index is 1.57. The fraction of sp³-hybridized carbons (Fsp3) is 0.517. The van der Waals surface area contributed by atoms with Gasteiger partial charge in [0, 0.05) is 51.4 Å². The predicted octanol–water partition coefficient (Wildman–Crippen LogP) is 4.08. The number of nitrogens with zero attached hydrogens (tertiary/aromatic N) is 2. The molecule has 2 aromatic carbocycles. The highest BCUT2D eigenvalue weighted by Gasteiger charge is 2.31. The summed E-state index contributed by atoms with van der Waals surface area (Å²) in [7, 11) is 3.51. The molecule has 36 heavy (non-hydrogen) atoms. The van der Waals surface area contributed by atoms with E-state index in [1.54, 1.807) is 31.2 Å². The first kappa shape index (κ1) is 26.2. The van der Waals surface area contributed by atoms with Crippen molar-refractivity contribution in [3.63, 3.8) is 0 Å². The Morgan fingerprint density at radius 3 is 2.56 bits per heavy atom. The maximum Gasteiger partial charge on any atom is 0.257 e. The lowest BCUT2D eigenvalue weighted by Crippen LogP contribution is -2.47. The van der Waals surface area contributed by atoms with Crippen molar-refractivity contribution in [3.05, 3.63) is 59.7 Å². The minimum atomic E-state index is -0.143. The van der Waals surface area contributed by atoms with Crippen molar-refractivity contribution >= 4 is 17.5 Å². The lowest BCUT2D eigenvalue weighted by Gasteiger charge is -2.36.